The highest BCUT2D eigenvalue weighted by Gasteiger charge is 2.31. The maximum Gasteiger partial charge on any atom is 0.341 e. The van der Waals surface area contributed by atoms with Crippen LogP contribution in [-0.4, -0.2) is 65.0 Å². The lowest BCUT2D eigenvalue weighted by Crippen LogP contribution is -2.46. The molecule has 1 aliphatic heterocycles. The molecule has 1 saturated heterocycles. The highest BCUT2D eigenvalue weighted by atomic mass is 16.5. The Morgan fingerprint density at radius 2 is 1.89 bits per heavy atom. The van der Waals surface area contributed by atoms with Crippen LogP contribution in [0, 0.1) is 5.92 Å². The van der Waals surface area contributed by atoms with E-state index in [1.165, 1.54) is 6.20 Å². The first-order chi connectivity index (χ1) is 16.9. The van der Waals surface area contributed by atoms with Gasteiger partial charge >= 0.3 is 5.97 Å². The zero-order valence-electron chi connectivity index (χ0n) is 20.0. The van der Waals surface area contributed by atoms with Gasteiger partial charge in [0.05, 0.1) is 35.8 Å². The van der Waals surface area contributed by atoms with Crippen molar-refractivity contribution in [3.8, 4) is 5.75 Å². The van der Waals surface area contributed by atoms with Gasteiger partial charge in [-0.1, -0.05) is 6.92 Å². The molecule has 0 spiro atoms. The minimum atomic E-state index is -1.96. The van der Waals surface area contributed by atoms with Crippen LogP contribution in [0.15, 0.2) is 23.1 Å². The molecule has 36 heavy (non-hydrogen) atoms. The minimum Gasteiger partial charge on any atom is -0.550 e. The topological polar surface area (TPSA) is 198 Å². The number of aliphatic hydroxyl groups is 1. The summed E-state index contributed by atoms with van der Waals surface area (Å²) in [5.41, 5.74) is 7.14. The highest BCUT2D eigenvalue weighted by molar-refractivity contribution is 5.97. The van der Waals surface area contributed by atoms with Gasteiger partial charge in [-0.05, 0) is 37.3 Å². The van der Waals surface area contributed by atoms with Crippen LogP contribution in [0.2, 0.25) is 0 Å². The third kappa shape index (κ3) is 5.94. The number of carbonyl (C=O) groups excluding carboxylic acids is 2. The van der Waals surface area contributed by atoms with Gasteiger partial charge in [0.2, 0.25) is 5.43 Å². The smallest absolute Gasteiger partial charge is 0.341 e. The van der Waals surface area contributed by atoms with Crippen LogP contribution in [0.3, 0.4) is 0 Å². The van der Waals surface area contributed by atoms with Gasteiger partial charge in [-0.15, -0.1) is 0 Å². The molecular formula is C24H29N3O9-2. The summed E-state index contributed by atoms with van der Waals surface area (Å²) >= 11 is 0. The van der Waals surface area contributed by atoms with Crippen molar-refractivity contribution in [2.75, 3.05) is 25.1 Å². The number of carboxylic acids is 3. The quantitative estimate of drug-likeness (QED) is 0.395. The second-order valence-electron chi connectivity index (χ2n) is 9.25. The zero-order chi connectivity index (χ0) is 26.7. The minimum absolute atomic E-state index is 0.0918. The molecule has 2 fully saturated rings. The molecule has 12 heteroatoms. The van der Waals surface area contributed by atoms with Crippen molar-refractivity contribution in [3.63, 3.8) is 0 Å². The summed E-state index contributed by atoms with van der Waals surface area (Å²) in [6.45, 7) is 3.78. The average molecular weight is 504 g/mol. The molecule has 12 nitrogen and oxygen atoms in total. The number of hydrogen-bond acceptors (Lipinski definition) is 10. The maximum atomic E-state index is 12.7. The number of aliphatic hydroxyl groups excluding tert-OH is 1. The van der Waals surface area contributed by atoms with E-state index < -0.39 is 35.9 Å². The third-order valence-corrected chi connectivity index (χ3v) is 6.17. The molecule has 196 valence electrons. The fraction of sp³-hybridized carbons (Fsp3) is 0.500. The molecule has 3 atom stereocenters. The average Bonchev–Trinajstić information content (AvgIpc) is 3.63. The summed E-state index contributed by atoms with van der Waals surface area (Å²) in [6, 6.07) is 3.88. The van der Waals surface area contributed by atoms with Gasteiger partial charge in [0, 0.05) is 43.8 Å². The molecule has 1 aromatic heterocycles. The molecular weight excluding hydrogens is 474 g/mol. The molecule has 1 unspecified atom stereocenters. The van der Waals surface area contributed by atoms with Gasteiger partial charge in [-0.2, -0.15) is 0 Å². The molecule has 4 N–H and O–H groups in total. The third-order valence-electron chi connectivity index (χ3n) is 6.17. The highest BCUT2D eigenvalue weighted by Crippen LogP contribution is 2.43. The van der Waals surface area contributed by atoms with E-state index in [0.717, 1.165) is 38.0 Å². The van der Waals surface area contributed by atoms with Gasteiger partial charge in [0.25, 0.3) is 0 Å². The molecule has 0 radical (unpaired) electrons. The zero-order valence-corrected chi connectivity index (χ0v) is 20.0. The van der Waals surface area contributed by atoms with E-state index in [0.29, 0.717) is 22.6 Å². The predicted molar refractivity (Wildman–Crippen MR) is 125 cm³/mol. The van der Waals surface area contributed by atoms with E-state index in [-0.39, 0.29) is 17.6 Å². The summed E-state index contributed by atoms with van der Waals surface area (Å²) in [4.78, 5) is 45.6. The van der Waals surface area contributed by atoms with Gasteiger partial charge in [0.15, 0.2) is 5.75 Å². The number of ether oxygens (including phenoxy) is 1. The lowest BCUT2D eigenvalue weighted by Gasteiger charge is -2.37. The van der Waals surface area contributed by atoms with Gasteiger partial charge in [0.1, 0.15) is 5.56 Å². The Hall–Kier alpha value is -3.64. The van der Waals surface area contributed by atoms with E-state index in [1.807, 2.05) is 10.6 Å². The van der Waals surface area contributed by atoms with E-state index in [1.54, 1.807) is 13.2 Å². The fourth-order valence-electron chi connectivity index (χ4n) is 4.49. The summed E-state index contributed by atoms with van der Waals surface area (Å²) in [5, 5.41) is 37.2. The van der Waals surface area contributed by atoms with Crippen molar-refractivity contribution >= 4 is 34.5 Å². The Balaban J connectivity index is 0.000000345. The molecule has 1 saturated carbocycles. The molecule has 1 aliphatic carbocycles. The lowest BCUT2D eigenvalue weighted by atomic mass is 9.95. The van der Waals surface area contributed by atoms with Crippen LogP contribution in [0.5, 0.6) is 5.75 Å². The Kier molecular flexibility index (Phi) is 8.21. The second kappa shape index (κ2) is 11.0. The normalized spacial score (nSPS) is 20.3. The molecule has 2 aliphatic rings. The van der Waals surface area contributed by atoms with Crippen molar-refractivity contribution in [2.24, 2.45) is 11.7 Å². The number of nitrogens with zero attached hydrogens (tertiary/aromatic N) is 2. The van der Waals surface area contributed by atoms with Crippen LogP contribution >= 0.6 is 0 Å². The van der Waals surface area contributed by atoms with Crippen molar-refractivity contribution < 1.29 is 39.5 Å². The molecule has 1 aromatic carbocycles. The van der Waals surface area contributed by atoms with Crippen molar-refractivity contribution in [1.29, 1.82) is 0 Å². The van der Waals surface area contributed by atoms with Crippen molar-refractivity contribution in [3.05, 3.63) is 34.1 Å². The van der Waals surface area contributed by atoms with Crippen LogP contribution in [0.4, 0.5) is 5.69 Å². The monoisotopic (exact) mass is 503 g/mol. The Labute approximate surface area is 206 Å². The summed E-state index contributed by atoms with van der Waals surface area (Å²) in [7, 11) is 1.60. The largest absolute Gasteiger partial charge is 0.550 e. The van der Waals surface area contributed by atoms with E-state index in [2.05, 4.69) is 11.8 Å². The molecule has 0 bridgehead atoms. The number of piperidine rings is 1. The van der Waals surface area contributed by atoms with Gasteiger partial charge in [-0.25, -0.2) is 4.79 Å². The lowest BCUT2D eigenvalue weighted by molar-refractivity contribution is -0.323. The number of fused-ring (bicyclic) bond motifs is 1. The number of aromatic nitrogens is 1. The van der Waals surface area contributed by atoms with Crippen molar-refractivity contribution in [1.82, 2.24) is 4.57 Å². The molecule has 2 heterocycles. The standard InChI is InChI=1S/C20H25N3O4.C4H6O5/c1-11-7-12(21)9-22(8-11)16-6-5-14-17(19(16)27-2)23(13-3-4-13)10-15(18(14)24)20(25)26;5-2(4(8)9)1-3(6)7/h5-6,10-13H,3-4,7-9,21H2,1-2H3,(H,25,26);2,5H,1H2,(H,6,7)(H,8,9)/p-2/t11-,12-;/m0./s1. The Morgan fingerprint density at radius 3 is 2.36 bits per heavy atom. The molecule has 2 aromatic rings. The number of carboxylic acid groups (broad SMARTS) is 3. The number of aliphatic carboxylic acids is 2. The van der Waals surface area contributed by atoms with Crippen LogP contribution in [0.25, 0.3) is 10.9 Å². The Bertz CT molecular complexity index is 1210. The number of rotatable bonds is 7. The maximum absolute atomic E-state index is 12.7. The first-order valence-corrected chi connectivity index (χ1v) is 11.5. The van der Waals surface area contributed by atoms with E-state index in [9.17, 15) is 34.5 Å². The molecule has 4 rings (SSSR count). The van der Waals surface area contributed by atoms with E-state index >= 15 is 0 Å². The number of pyridine rings is 1. The fourth-order valence-corrected chi connectivity index (χ4v) is 4.49. The Morgan fingerprint density at radius 1 is 1.22 bits per heavy atom. The van der Waals surface area contributed by atoms with Gasteiger partial charge in [-0.3, -0.25) is 4.79 Å². The number of aromatic carboxylic acids is 1. The predicted octanol–water partition coefficient (Wildman–Crippen LogP) is -1.55. The number of methoxy groups -OCH3 is 1. The first kappa shape index (κ1) is 27.0. The van der Waals surface area contributed by atoms with Crippen LogP contribution in [0.1, 0.15) is 49.0 Å². The van der Waals surface area contributed by atoms with Crippen molar-refractivity contribution in [2.45, 2.75) is 50.8 Å². The second-order valence-corrected chi connectivity index (χ2v) is 9.25. The number of carbonyl (C=O) groups is 3. The molecule has 0 amide bonds. The van der Waals surface area contributed by atoms with Gasteiger partial charge < -0.3 is 50.0 Å². The van der Waals surface area contributed by atoms with Crippen LogP contribution < -0.4 is 31.0 Å². The van der Waals surface area contributed by atoms with Crippen LogP contribution in [-0.2, 0) is 9.59 Å². The number of nitrogens with two attached hydrogens (primary N) is 1. The first-order valence-electron chi connectivity index (χ1n) is 11.5. The van der Waals surface area contributed by atoms with E-state index in [4.69, 9.17) is 15.6 Å². The summed E-state index contributed by atoms with van der Waals surface area (Å²) in [5.74, 6) is -3.54. The SMILES string of the molecule is COc1c(N2C[C@@H](C)C[C@H](N)C2)ccc2c(=O)c(C(=O)O)cn(C3CC3)c12.O=C([O-])CC(O)C(=O)[O-]. The number of hydrogen-bond donors (Lipinski definition) is 3. The number of benzene rings is 1. The summed E-state index contributed by atoms with van der Waals surface area (Å²) < 4.78 is 7.68. The number of anilines is 1. The summed E-state index contributed by atoms with van der Waals surface area (Å²) in [6.07, 6.45) is 1.51.